The molecule has 1 N–H and O–H groups in total. The second-order valence-electron chi connectivity index (χ2n) is 7.35. The summed E-state index contributed by atoms with van der Waals surface area (Å²) in [7, 11) is 1.67. The smallest absolute Gasteiger partial charge is 0.202 e. The summed E-state index contributed by atoms with van der Waals surface area (Å²) in [5, 5.41) is 7.47. The van der Waals surface area contributed by atoms with Crippen molar-refractivity contribution >= 4 is 17.0 Å². The molecular formula is C20H25N5O. The Morgan fingerprint density at radius 1 is 1.23 bits per heavy atom. The van der Waals surface area contributed by atoms with E-state index in [-0.39, 0.29) is 0 Å². The largest absolute Gasteiger partial charge is 0.496 e. The molecule has 0 spiro atoms. The Morgan fingerprint density at radius 3 is 2.73 bits per heavy atom. The minimum Gasteiger partial charge on any atom is -0.496 e. The summed E-state index contributed by atoms with van der Waals surface area (Å²) in [4.78, 5) is 11.7. The molecule has 1 aromatic carbocycles. The van der Waals surface area contributed by atoms with E-state index in [0.29, 0.717) is 11.1 Å². The predicted octanol–water partition coefficient (Wildman–Crippen LogP) is 4.05. The van der Waals surface area contributed by atoms with Crippen LogP contribution in [-0.4, -0.2) is 40.4 Å². The normalized spacial score (nSPS) is 16.8. The molecule has 1 saturated heterocycles. The van der Waals surface area contributed by atoms with Gasteiger partial charge in [0.1, 0.15) is 17.1 Å². The van der Waals surface area contributed by atoms with Crippen LogP contribution in [0.5, 0.6) is 5.75 Å². The lowest BCUT2D eigenvalue weighted by Crippen LogP contribution is -2.38. The summed E-state index contributed by atoms with van der Waals surface area (Å²) < 4.78 is 5.46. The van der Waals surface area contributed by atoms with E-state index in [9.17, 15) is 0 Å². The molecule has 0 radical (unpaired) electrons. The quantitative estimate of drug-likeness (QED) is 0.768. The van der Waals surface area contributed by atoms with Gasteiger partial charge in [-0.05, 0) is 30.4 Å². The Kier molecular flexibility index (Phi) is 4.26. The van der Waals surface area contributed by atoms with Crippen molar-refractivity contribution in [1.29, 1.82) is 0 Å². The van der Waals surface area contributed by atoms with Gasteiger partial charge in [-0.3, -0.25) is 5.10 Å². The van der Waals surface area contributed by atoms with Crippen LogP contribution in [0.4, 0.5) is 5.82 Å². The number of para-hydroxylation sites is 1. The maximum absolute atomic E-state index is 5.46. The zero-order chi connectivity index (χ0) is 18.1. The first kappa shape index (κ1) is 16.8. The number of ether oxygens (including phenoxy) is 1. The molecule has 3 heterocycles. The Morgan fingerprint density at radius 2 is 2.00 bits per heavy atom. The van der Waals surface area contributed by atoms with E-state index < -0.39 is 0 Å². The SMILES string of the molecule is CCC1(C)CCN(c2cnc3c(-c4ccccc4OC)[nH]nc3n2)CC1. The van der Waals surface area contributed by atoms with Crippen LogP contribution in [0.25, 0.3) is 22.4 Å². The van der Waals surface area contributed by atoms with Gasteiger partial charge in [-0.25, -0.2) is 9.97 Å². The molecule has 0 amide bonds. The maximum atomic E-state index is 5.46. The fourth-order valence-corrected chi connectivity index (χ4v) is 3.61. The number of hydrogen-bond donors (Lipinski definition) is 1. The number of aromatic amines is 1. The van der Waals surface area contributed by atoms with E-state index in [1.165, 1.54) is 19.3 Å². The van der Waals surface area contributed by atoms with E-state index in [1.807, 2.05) is 30.5 Å². The number of rotatable bonds is 4. The molecule has 4 rings (SSSR count). The zero-order valence-electron chi connectivity index (χ0n) is 15.6. The number of fused-ring (bicyclic) bond motifs is 1. The predicted molar refractivity (Wildman–Crippen MR) is 104 cm³/mol. The first-order valence-corrected chi connectivity index (χ1v) is 9.23. The third kappa shape index (κ3) is 2.89. The molecular weight excluding hydrogens is 326 g/mol. The van der Waals surface area contributed by atoms with Crippen molar-refractivity contribution in [2.75, 3.05) is 25.1 Å². The minimum atomic E-state index is 0.456. The van der Waals surface area contributed by atoms with Gasteiger partial charge in [0.25, 0.3) is 0 Å². The van der Waals surface area contributed by atoms with Crippen molar-refractivity contribution in [3.05, 3.63) is 30.5 Å². The number of methoxy groups -OCH3 is 1. The highest BCUT2D eigenvalue weighted by molar-refractivity contribution is 5.89. The van der Waals surface area contributed by atoms with Crippen LogP contribution in [0.3, 0.4) is 0 Å². The van der Waals surface area contributed by atoms with Gasteiger partial charge in [-0.15, -0.1) is 0 Å². The summed E-state index contributed by atoms with van der Waals surface area (Å²) in [5.41, 5.74) is 3.66. The summed E-state index contributed by atoms with van der Waals surface area (Å²) in [6.45, 7) is 6.71. The monoisotopic (exact) mass is 351 g/mol. The van der Waals surface area contributed by atoms with E-state index in [0.717, 1.165) is 41.4 Å². The standard InChI is InChI=1S/C20H25N5O/c1-4-20(2)9-11-25(12-10-20)16-13-21-18-17(23-24-19(18)22-16)14-7-5-6-8-15(14)26-3/h5-8,13H,4,9-12H2,1-3H3,(H,22,23,24). The van der Waals surface area contributed by atoms with Gasteiger partial charge in [-0.1, -0.05) is 32.4 Å². The molecule has 1 aliphatic heterocycles. The van der Waals surface area contributed by atoms with Crippen LogP contribution >= 0.6 is 0 Å². The van der Waals surface area contributed by atoms with Crippen molar-refractivity contribution in [3.63, 3.8) is 0 Å². The Balaban J connectivity index is 1.64. The third-order valence-electron chi connectivity index (χ3n) is 5.78. The molecule has 0 aliphatic carbocycles. The summed E-state index contributed by atoms with van der Waals surface area (Å²) in [6, 6.07) is 7.86. The molecule has 136 valence electrons. The number of nitrogens with zero attached hydrogens (tertiary/aromatic N) is 4. The van der Waals surface area contributed by atoms with Gasteiger partial charge in [0.05, 0.1) is 19.0 Å². The fourth-order valence-electron chi connectivity index (χ4n) is 3.61. The number of piperidine rings is 1. The molecule has 0 bridgehead atoms. The van der Waals surface area contributed by atoms with Crippen molar-refractivity contribution in [2.45, 2.75) is 33.1 Å². The zero-order valence-corrected chi connectivity index (χ0v) is 15.6. The first-order chi connectivity index (χ1) is 12.6. The number of nitrogens with one attached hydrogen (secondary N) is 1. The topological polar surface area (TPSA) is 66.9 Å². The third-order valence-corrected chi connectivity index (χ3v) is 5.78. The highest BCUT2D eigenvalue weighted by atomic mass is 16.5. The van der Waals surface area contributed by atoms with Gasteiger partial charge >= 0.3 is 0 Å². The van der Waals surface area contributed by atoms with E-state index in [2.05, 4.69) is 33.9 Å². The number of H-pyrrole nitrogens is 1. The fraction of sp³-hybridized carbons (Fsp3) is 0.450. The van der Waals surface area contributed by atoms with Gasteiger partial charge in [0.15, 0.2) is 0 Å². The molecule has 0 atom stereocenters. The Bertz CT molecular complexity index is 911. The molecule has 0 saturated carbocycles. The lowest BCUT2D eigenvalue weighted by Gasteiger charge is -2.39. The maximum Gasteiger partial charge on any atom is 0.202 e. The van der Waals surface area contributed by atoms with Crippen molar-refractivity contribution in [2.24, 2.45) is 5.41 Å². The summed E-state index contributed by atoms with van der Waals surface area (Å²) >= 11 is 0. The van der Waals surface area contributed by atoms with Crippen LogP contribution in [0.2, 0.25) is 0 Å². The van der Waals surface area contributed by atoms with Crippen LogP contribution in [0.15, 0.2) is 30.5 Å². The summed E-state index contributed by atoms with van der Waals surface area (Å²) in [5.74, 6) is 1.70. The van der Waals surface area contributed by atoms with E-state index in [4.69, 9.17) is 9.72 Å². The molecule has 1 fully saturated rings. The van der Waals surface area contributed by atoms with Crippen molar-refractivity contribution < 1.29 is 4.74 Å². The molecule has 0 unspecified atom stereocenters. The molecule has 3 aromatic rings. The van der Waals surface area contributed by atoms with Gasteiger partial charge in [-0.2, -0.15) is 5.10 Å². The average molecular weight is 351 g/mol. The highest BCUT2D eigenvalue weighted by Crippen LogP contribution is 2.36. The van der Waals surface area contributed by atoms with Gasteiger partial charge in [0.2, 0.25) is 5.65 Å². The van der Waals surface area contributed by atoms with E-state index >= 15 is 0 Å². The average Bonchev–Trinajstić information content (AvgIpc) is 3.11. The molecule has 6 heteroatoms. The second kappa shape index (κ2) is 6.59. The molecule has 26 heavy (non-hydrogen) atoms. The lowest BCUT2D eigenvalue weighted by atomic mass is 9.78. The molecule has 2 aromatic heterocycles. The van der Waals surface area contributed by atoms with Crippen LogP contribution < -0.4 is 9.64 Å². The van der Waals surface area contributed by atoms with Gasteiger partial charge in [0, 0.05) is 18.7 Å². The highest BCUT2D eigenvalue weighted by Gasteiger charge is 2.29. The van der Waals surface area contributed by atoms with Gasteiger partial charge < -0.3 is 9.64 Å². The Hall–Kier alpha value is -2.63. The Labute approximate surface area is 153 Å². The van der Waals surface area contributed by atoms with Crippen LogP contribution in [0.1, 0.15) is 33.1 Å². The second-order valence-corrected chi connectivity index (χ2v) is 7.35. The lowest BCUT2D eigenvalue weighted by molar-refractivity contribution is 0.238. The van der Waals surface area contributed by atoms with Crippen molar-refractivity contribution in [3.8, 4) is 17.0 Å². The molecule has 1 aliphatic rings. The minimum absolute atomic E-state index is 0.456. The number of anilines is 1. The first-order valence-electron chi connectivity index (χ1n) is 9.23. The van der Waals surface area contributed by atoms with Crippen molar-refractivity contribution in [1.82, 2.24) is 20.2 Å². The number of hydrogen-bond acceptors (Lipinski definition) is 5. The van der Waals surface area contributed by atoms with Crippen LogP contribution in [0, 0.1) is 5.41 Å². The summed E-state index contributed by atoms with van der Waals surface area (Å²) in [6.07, 6.45) is 5.48. The molecule has 6 nitrogen and oxygen atoms in total. The van der Waals surface area contributed by atoms with Crippen LogP contribution in [-0.2, 0) is 0 Å². The van der Waals surface area contributed by atoms with E-state index in [1.54, 1.807) is 7.11 Å². The number of benzene rings is 1. The number of aromatic nitrogens is 4.